The molecule has 4 aromatic rings. The van der Waals surface area contributed by atoms with Crippen molar-refractivity contribution >= 4 is 81.0 Å². The highest BCUT2D eigenvalue weighted by atomic mass is 32.2. The number of hydrogen-bond donors (Lipinski definition) is 3. The van der Waals surface area contributed by atoms with Crippen LogP contribution in [0.1, 0.15) is 63.7 Å². The lowest BCUT2D eigenvalue weighted by Gasteiger charge is -2.30. The number of thioether (sulfide) groups is 1. The van der Waals surface area contributed by atoms with Gasteiger partial charge in [0.15, 0.2) is 0 Å². The Morgan fingerprint density at radius 2 is 1.76 bits per heavy atom. The van der Waals surface area contributed by atoms with Gasteiger partial charge in [-0.2, -0.15) is 0 Å². The van der Waals surface area contributed by atoms with Gasteiger partial charge in [-0.3, -0.25) is 14.4 Å². The Balaban J connectivity index is 1.24. The molecular weight excluding hydrogens is 709 g/mol. The molecule has 0 unspecified atom stereocenters. The maximum Gasteiger partial charge on any atom is 0.410 e. The first-order valence-electron chi connectivity index (χ1n) is 16.2. The van der Waals surface area contributed by atoms with Crippen LogP contribution in [0.4, 0.5) is 15.5 Å². The van der Waals surface area contributed by atoms with E-state index in [1.165, 1.54) is 34.4 Å². The van der Waals surface area contributed by atoms with Crippen molar-refractivity contribution in [3.05, 3.63) is 104 Å². The Kier molecular flexibility index (Phi) is 12.3. The SMILES string of the molecule is CCOC(=O)c1c(NC(=O)CSc2cccc(NC(=O)/C(=C/c3cccs3)NC(=O)c3ccccc3)c2)sc2c1CCN(C(=O)OC(C)(C)C)C2. The molecule has 1 aliphatic heterocycles. The van der Waals surface area contributed by atoms with Crippen LogP contribution in [0.25, 0.3) is 6.08 Å². The van der Waals surface area contributed by atoms with Gasteiger partial charge in [0.25, 0.3) is 11.8 Å². The molecule has 2 aromatic heterocycles. The number of fused-ring (bicyclic) bond motifs is 1. The second-order valence-electron chi connectivity index (χ2n) is 12.3. The van der Waals surface area contributed by atoms with Crippen LogP contribution in [-0.4, -0.2) is 59.2 Å². The van der Waals surface area contributed by atoms with Crippen molar-refractivity contribution in [3.63, 3.8) is 0 Å². The van der Waals surface area contributed by atoms with Gasteiger partial charge >= 0.3 is 12.1 Å². The molecule has 266 valence electrons. The number of hydrogen-bond acceptors (Lipinski definition) is 10. The van der Waals surface area contributed by atoms with E-state index >= 15 is 0 Å². The molecule has 11 nitrogen and oxygen atoms in total. The van der Waals surface area contributed by atoms with Gasteiger partial charge in [0, 0.05) is 32.4 Å². The Hall–Kier alpha value is -4.92. The van der Waals surface area contributed by atoms with Crippen molar-refractivity contribution in [2.75, 3.05) is 29.5 Å². The van der Waals surface area contributed by atoms with Gasteiger partial charge in [0.1, 0.15) is 16.3 Å². The van der Waals surface area contributed by atoms with E-state index in [0.29, 0.717) is 39.7 Å². The van der Waals surface area contributed by atoms with Crippen molar-refractivity contribution < 1.29 is 33.4 Å². The van der Waals surface area contributed by atoms with Crippen LogP contribution < -0.4 is 16.0 Å². The summed E-state index contributed by atoms with van der Waals surface area (Å²) in [5.41, 5.74) is 1.40. The van der Waals surface area contributed by atoms with E-state index in [9.17, 15) is 24.0 Å². The maximum absolute atomic E-state index is 13.4. The Morgan fingerprint density at radius 3 is 2.47 bits per heavy atom. The summed E-state index contributed by atoms with van der Waals surface area (Å²) in [6.07, 6.45) is 1.60. The number of amides is 4. The molecule has 14 heteroatoms. The predicted molar refractivity (Wildman–Crippen MR) is 201 cm³/mol. The summed E-state index contributed by atoms with van der Waals surface area (Å²) in [7, 11) is 0. The van der Waals surface area contributed by atoms with Crippen molar-refractivity contribution in [2.45, 2.75) is 51.2 Å². The third-order valence-corrected chi connectivity index (χ3v) is 10.2. The number of benzene rings is 2. The zero-order valence-electron chi connectivity index (χ0n) is 28.6. The number of thiophene rings is 2. The number of nitrogens with one attached hydrogen (secondary N) is 3. The number of ether oxygens (including phenoxy) is 2. The van der Waals surface area contributed by atoms with Crippen molar-refractivity contribution in [1.29, 1.82) is 0 Å². The lowest BCUT2D eigenvalue weighted by Crippen LogP contribution is -2.39. The van der Waals surface area contributed by atoms with Crippen LogP contribution in [0.2, 0.25) is 0 Å². The topological polar surface area (TPSA) is 143 Å². The first kappa shape index (κ1) is 37.3. The molecule has 0 atom stereocenters. The molecule has 1 aliphatic rings. The normalized spacial score (nSPS) is 12.8. The molecule has 51 heavy (non-hydrogen) atoms. The first-order valence-corrected chi connectivity index (χ1v) is 18.8. The Bertz CT molecular complexity index is 1930. The average molecular weight is 747 g/mol. The summed E-state index contributed by atoms with van der Waals surface area (Å²) >= 11 is 3.93. The highest BCUT2D eigenvalue weighted by molar-refractivity contribution is 8.00. The number of esters is 1. The van der Waals surface area contributed by atoms with Crippen molar-refractivity contribution in [3.8, 4) is 0 Å². The number of carbonyl (C=O) groups excluding carboxylic acids is 5. The largest absolute Gasteiger partial charge is 0.462 e. The van der Waals surface area contributed by atoms with Gasteiger partial charge < -0.3 is 30.3 Å². The van der Waals surface area contributed by atoms with E-state index in [1.807, 2.05) is 23.6 Å². The highest BCUT2D eigenvalue weighted by Gasteiger charge is 2.32. The number of carbonyl (C=O) groups is 5. The number of nitrogens with zero attached hydrogens (tertiary/aromatic N) is 1. The van der Waals surface area contributed by atoms with Crippen LogP contribution in [0.15, 0.2) is 82.7 Å². The van der Waals surface area contributed by atoms with Gasteiger partial charge in [-0.25, -0.2) is 9.59 Å². The molecule has 0 aliphatic carbocycles. The molecule has 3 heterocycles. The van der Waals surface area contributed by atoms with Crippen LogP contribution in [0, 0.1) is 0 Å². The molecule has 0 saturated heterocycles. The summed E-state index contributed by atoms with van der Waals surface area (Å²) in [6.45, 7) is 7.92. The molecule has 0 saturated carbocycles. The van der Waals surface area contributed by atoms with E-state index in [0.717, 1.165) is 15.3 Å². The predicted octanol–water partition coefficient (Wildman–Crippen LogP) is 7.42. The van der Waals surface area contributed by atoms with E-state index in [1.54, 1.807) is 87.2 Å². The monoisotopic (exact) mass is 746 g/mol. The lowest BCUT2D eigenvalue weighted by atomic mass is 10.0. The molecule has 0 radical (unpaired) electrons. The van der Waals surface area contributed by atoms with Crippen LogP contribution >= 0.6 is 34.4 Å². The van der Waals surface area contributed by atoms with Gasteiger partial charge in [-0.15, -0.1) is 34.4 Å². The van der Waals surface area contributed by atoms with Crippen LogP contribution in [-0.2, 0) is 32.0 Å². The van der Waals surface area contributed by atoms with E-state index < -0.39 is 29.5 Å². The van der Waals surface area contributed by atoms with Crippen LogP contribution in [0.5, 0.6) is 0 Å². The zero-order chi connectivity index (χ0) is 36.5. The first-order chi connectivity index (χ1) is 24.4. The quantitative estimate of drug-likeness (QED) is 0.0818. The van der Waals surface area contributed by atoms with Gasteiger partial charge in [-0.05, 0) is 87.5 Å². The molecule has 0 bridgehead atoms. The summed E-state index contributed by atoms with van der Waals surface area (Å²) in [4.78, 5) is 69.1. The number of anilines is 2. The standard InChI is InChI=1S/C37H38N4O7S3/c1-5-47-35(45)31-27-16-17-41(36(46)48-37(2,3)4)21-29(27)51-34(31)40-30(42)22-50-25-14-9-13-24(19-25)38-33(44)28(20-26-15-10-18-49-26)39-32(43)23-11-7-6-8-12-23/h6-15,18-20H,5,16-17,21-22H2,1-4H3,(H,38,44)(H,39,43)(H,40,42)/b28-20-. The summed E-state index contributed by atoms with van der Waals surface area (Å²) in [6, 6.07) is 19.3. The lowest BCUT2D eigenvalue weighted by molar-refractivity contribution is -0.114. The molecule has 4 amide bonds. The van der Waals surface area contributed by atoms with E-state index in [-0.39, 0.29) is 30.5 Å². The van der Waals surface area contributed by atoms with Gasteiger partial charge in [0.05, 0.1) is 24.5 Å². The minimum atomic E-state index is -0.644. The Morgan fingerprint density at radius 1 is 0.980 bits per heavy atom. The second kappa shape index (κ2) is 16.9. The molecule has 0 spiro atoms. The minimum Gasteiger partial charge on any atom is -0.462 e. The molecule has 5 rings (SSSR count). The van der Waals surface area contributed by atoms with E-state index in [4.69, 9.17) is 9.47 Å². The summed E-state index contributed by atoms with van der Waals surface area (Å²) in [5.74, 6) is -1.78. The minimum absolute atomic E-state index is 0.0168. The number of rotatable bonds is 11. The highest BCUT2D eigenvalue weighted by Crippen LogP contribution is 2.38. The molecule has 0 fully saturated rings. The summed E-state index contributed by atoms with van der Waals surface area (Å²) < 4.78 is 10.9. The van der Waals surface area contributed by atoms with Gasteiger partial charge in [-0.1, -0.05) is 30.3 Å². The third kappa shape index (κ3) is 10.3. The molecule has 2 aromatic carbocycles. The van der Waals surface area contributed by atoms with E-state index in [2.05, 4.69) is 16.0 Å². The van der Waals surface area contributed by atoms with Crippen molar-refractivity contribution in [1.82, 2.24) is 10.2 Å². The molecule has 3 N–H and O–H groups in total. The fraction of sp³-hybridized carbons (Fsp3) is 0.270. The average Bonchev–Trinajstić information content (AvgIpc) is 3.74. The van der Waals surface area contributed by atoms with Crippen LogP contribution in [0.3, 0.4) is 0 Å². The Labute approximate surface area is 308 Å². The van der Waals surface area contributed by atoms with Crippen molar-refractivity contribution in [2.24, 2.45) is 0 Å². The fourth-order valence-corrected chi connectivity index (χ4v) is 7.70. The fourth-order valence-electron chi connectivity index (χ4n) is 5.02. The smallest absolute Gasteiger partial charge is 0.410 e. The maximum atomic E-state index is 13.4. The third-order valence-electron chi connectivity index (χ3n) is 7.26. The summed E-state index contributed by atoms with van der Waals surface area (Å²) in [5, 5.41) is 10.7. The van der Waals surface area contributed by atoms with Gasteiger partial charge in [0.2, 0.25) is 5.91 Å². The molecular formula is C37H38N4O7S3. The second-order valence-corrected chi connectivity index (χ2v) is 15.4. The zero-order valence-corrected chi connectivity index (χ0v) is 31.0.